The van der Waals surface area contributed by atoms with Crippen molar-refractivity contribution in [1.82, 2.24) is 0 Å². The van der Waals surface area contributed by atoms with Gasteiger partial charge in [-0.2, -0.15) is 25.3 Å². The Morgan fingerprint density at radius 2 is 1.26 bits per heavy atom. The molecular weight excluding hydrogens is 496 g/mol. The van der Waals surface area contributed by atoms with Crippen LogP contribution in [0, 0.1) is 0 Å². The Hall–Kier alpha value is -2.40. The molecule has 0 heterocycles. The van der Waals surface area contributed by atoms with Gasteiger partial charge in [-0.15, -0.1) is 7.26 Å². The van der Waals surface area contributed by atoms with E-state index < -0.39 is 52.6 Å². The van der Waals surface area contributed by atoms with Crippen LogP contribution in [-0.4, -0.2) is 34.0 Å². The molecule has 0 saturated heterocycles. The van der Waals surface area contributed by atoms with Gasteiger partial charge in [0.25, 0.3) is 0 Å². The third-order valence-corrected chi connectivity index (χ3v) is 8.26. The average Bonchev–Trinajstić information content (AvgIpc) is 2.66. The van der Waals surface area contributed by atoms with Gasteiger partial charge in [-0.25, -0.2) is 4.21 Å². The van der Waals surface area contributed by atoms with Gasteiger partial charge in [-0.05, 0) is 47.2 Å². The predicted molar refractivity (Wildman–Crippen MR) is 105 cm³/mol. The second-order valence-electron chi connectivity index (χ2n) is 5.72. The number of benzene rings is 3. The van der Waals surface area contributed by atoms with Crippen LogP contribution in [0.15, 0.2) is 76.5 Å². The maximum Gasteiger partial charge on any atom is 0.461 e. The number of rotatable bonds is 8. The van der Waals surface area contributed by atoms with E-state index in [0.717, 1.165) is 29.7 Å². The van der Waals surface area contributed by atoms with Crippen LogP contribution < -0.4 is 4.18 Å². The Bertz CT molecular complexity index is 1460. The van der Waals surface area contributed by atoms with Crippen molar-refractivity contribution in [3.8, 4) is 5.75 Å². The van der Waals surface area contributed by atoms with Gasteiger partial charge in [0.15, 0.2) is 0 Å². The van der Waals surface area contributed by atoms with Gasteiger partial charge in [0.2, 0.25) is 0 Å². The summed E-state index contributed by atoms with van der Waals surface area (Å²) in [5.41, 5.74) is 0. The molecule has 3 rings (SSSR count). The fraction of sp³-hybridized carbons (Fsp3) is 0. The highest BCUT2D eigenvalue weighted by Gasteiger charge is 2.27. The van der Waals surface area contributed by atoms with Crippen molar-refractivity contribution in [2.24, 2.45) is 0 Å². The molecule has 0 bridgehead atoms. The molecule has 0 saturated carbocycles. The van der Waals surface area contributed by atoms with Crippen LogP contribution in [0.5, 0.6) is 5.75 Å². The van der Waals surface area contributed by atoms with Gasteiger partial charge < -0.3 is 8.74 Å². The van der Waals surface area contributed by atoms with E-state index in [1.54, 1.807) is 24.3 Å². The maximum absolute atomic E-state index is 12.4. The third-order valence-electron chi connectivity index (χ3n) is 3.64. The first-order valence-electron chi connectivity index (χ1n) is 7.92. The van der Waals surface area contributed by atoms with Crippen LogP contribution in [0.3, 0.4) is 0 Å². The summed E-state index contributed by atoms with van der Waals surface area (Å²) in [6.07, 6.45) is 0. The van der Waals surface area contributed by atoms with E-state index in [4.69, 9.17) is 0 Å². The van der Waals surface area contributed by atoms with Gasteiger partial charge >= 0.3 is 30.6 Å². The summed E-state index contributed by atoms with van der Waals surface area (Å²) < 4.78 is 105. The topological polar surface area (TPSA) is 170 Å². The average molecular weight is 508 g/mol. The van der Waals surface area contributed by atoms with Crippen LogP contribution >= 0.6 is 0 Å². The molecule has 1 atom stereocenters. The van der Waals surface area contributed by atoms with Gasteiger partial charge in [-0.3, -0.25) is 0 Å². The Morgan fingerprint density at radius 3 is 1.87 bits per heavy atom. The summed E-state index contributed by atoms with van der Waals surface area (Å²) in [5.74, 6) is -0.498. The molecule has 0 spiro atoms. The van der Waals surface area contributed by atoms with Crippen LogP contribution in [0.4, 0.5) is 0 Å². The van der Waals surface area contributed by atoms with E-state index in [2.05, 4.69) is 11.4 Å². The summed E-state index contributed by atoms with van der Waals surface area (Å²) >= 11 is -3.41. The minimum absolute atomic E-state index is 0.386. The minimum atomic E-state index is -4.95. The molecule has 15 heteroatoms. The lowest BCUT2D eigenvalue weighted by molar-refractivity contribution is 0.375. The first kappa shape index (κ1) is 23.3. The SMILES string of the molecule is O=S([O-])OS(=O)(=O)Oc1ccc(S(=O)(=O)OS(=O)(=O)c2ccc3ccccc3c2)cc1. The molecule has 11 nitrogen and oxygen atoms in total. The molecule has 1 unspecified atom stereocenters. The van der Waals surface area contributed by atoms with E-state index in [1.165, 1.54) is 18.2 Å². The van der Waals surface area contributed by atoms with Crippen LogP contribution in [-0.2, 0) is 49.3 Å². The third kappa shape index (κ3) is 5.85. The van der Waals surface area contributed by atoms with Crippen LogP contribution in [0.2, 0.25) is 0 Å². The lowest BCUT2D eigenvalue weighted by Crippen LogP contribution is -2.15. The Kier molecular flexibility index (Phi) is 6.47. The molecular formula is C16H11O11S4-. The zero-order valence-electron chi connectivity index (χ0n) is 15.0. The molecule has 3 aromatic carbocycles. The van der Waals surface area contributed by atoms with Crippen molar-refractivity contribution in [1.29, 1.82) is 0 Å². The summed E-state index contributed by atoms with van der Waals surface area (Å²) in [4.78, 5) is -1.02. The molecule has 0 amide bonds. The molecule has 0 aromatic heterocycles. The van der Waals surface area contributed by atoms with E-state index in [-0.39, 0.29) is 4.90 Å². The minimum Gasteiger partial charge on any atom is -0.749 e. The van der Waals surface area contributed by atoms with Crippen molar-refractivity contribution in [3.63, 3.8) is 0 Å². The Morgan fingerprint density at radius 1 is 0.710 bits per heavy atom. The first-order valence-corrected chi connectivity index (χ1v) is 13.1. The molecule has 0 aliphatic rings. The van der Waals surface area contributed by atoms with Crippen LogP contribution in [0.25, 0.3) is 10.8 Å². The normalized spacial score (nSPS) is 13.7. The van der Waals surface area contributed by atoms with Crippen molar-refractivity contribution in [3.05, 3.63) is 66.7 Å². The van der Waals surface area contributed by atoms with E-state index in [0.29, 0.717) is 5.39 Å². The molecule has 0 aliphatic heterocycles. The molecule has 0 fully saturated rings. The monoisotopic (exact) mass is 507 g/mol. The fourth-order valence-electron chi connectivity index (χ4n) is 2.38. The van der Waals surface area contributed by atoms with Gasteiger partial charge in [0, 0.05) is 0 Å². The summed E-state index contributed by atoms with van der Waals surface area (Å²) in [6, 6.07) is 14.0. The highest BCUT2D eigenvalue weighted by Crippen LogP contribution is 2.25. The molecule has 31 heavy (non-hydrogen) atoms. The molecule has 0 aliphatic carbocycles. The zero-order chi connectivity index (χ0) is 22.9. The Balaban J connectivity index is 1.83. The van der Waals surface area contributed by atoms with Crippen molar-refractivity contribution >= 4 is 52.8 Å². The Labute approximate surface area is 180 Å². The highest BCUT2D eigenvalue weighted by atomic mass is 32.3. The van der Waals surface area contributed by atoms with Crippen molar-refractivity contribution in [2.75, 3.05) is 0 Å². The zero-order valence-corrected chi connectivity index (χ0v) is 18.2. The second-order valence-corrected chi connectivity index (χ2v) is 11.0. The van der Waals surface area contributed by atoms with Crippen molar-refractivity contribution in [2.45, 2.75) is 9.79 Å². The fourth-order valence-corrected chi connectivity index (χ4v) is 5.93. The van der Waals surface area contributed by atoms with Crippen molar-refractivity contribution < 1.29 is 45.5 Å². The lowest BCUT2D eigenvalue weighted by atomic mass is 10.1. The summed E-state index contributed by atoms with van der Waals surface area (Å²) in [7, 11) is -14.5. The number of hydrogen-bond acceptors (Lipinski definition) is 11. The molecule has 3 aromatic rings. The van der Waals surface area contributed by atoms with Gasteiger partial charge in [0.1, 0.15) is 17.1 Å². The lowest BCUT2D eigenvalue weighted by Gasteiger charge is -2.09. The molecule has 0 radical (unpaired) electrons. The number of fused-ring (bicyclic) bond motifs is 1. The maximum atomic E-state index is 12.4. The largest absolute Gasteiger partial charge is 0.749 e. The predicted octanol–water partition coefficient (Wildman–Crippen LogP) is 1.37. The molecule has 0 N–H and O–H groups in total. The number of hydrogen-bond donors (Lipinski definition) is 0. The summed E-state index contributed by atoms with van der Waals surface area (Å²) in [6.45, 7) is 0. The van der Waals surface area contributed by atoms with Gasteiger partial charge in [0.05, 0.1) is 9.79 Å². The molecule has 166 valence electrons. The van der Waals surface area contributed by atoms with E-state index in [1.807, 2.05) is 0 Å². The quantitative estimate of drug-likeness (QED) is 0.403. The van der Waals surface area contributed by atoms with E-state index >= 15 is 0 Å². The first-order chi connectivity index (χ1) is 14.4. The second kappa shape index (κ2) is 8.62. The smallest absolute Gasteiger partial charge is 0.461 e. The van der Waals surface area contributed by atoms with Gasteiger partial charge in [-0.1, -0.05) is 30.3 Å². The summed E-state index contributed by atoms with van der Waals surface area (Å²) in [5, 5.41) is 1.29. The van der Waals surface area contributed by atoms with E-state index in [9.17, 15) is 34.0 Å². The highest BCUT2D eigenvalue weighted by molar-refractivity contribution is 8.00. The van der Waals surface area contributed by atoms with Crippen LogP contribution in [0.1, 0.15) is 0 Å². The standard InChI is InChI=1S/C16H12O11S4/c17-28(18)26-31(23,24)25-14-6-9-15(10-7-14)29(19,20)27-30(21,22)16-8-5-12-3-1-2-4-13(12)11-16/h1-11H,(H,17,18)/p-1.